The first-order chi connectivity index (χ1) is 15.0. The zero-order valence-corrected chi connectivity index (χ0v) is 18.7. The zero-order chi connectivity index (χ0) is 22.6. The largest absolute Gasteiger partial charge is 0.503 e. The van der Waals surface area contributed by atoms with Gasteiger partial charge in [-0.25, -0.2) is 4.79 Å². The maximum Gasteiger partial charge on any atom is 0.341 e. The Labute approximate surface area is 183 Å². The van der Waals surface area contributed by atoms with Crippen LogP contribution in [0.25, 0.3) is 5.57 Å². The highest BCUT2D eigenvalue weighted by molar-refractivity contribution is 6.19. The highest BCUT2D eigenvalue weighted by atomic mass is 16.7. The number of methoxy groups -OCH3 is 2. The monoisotopic (exact) mass is 426 g/mol. The van der Waals surface area contributed by atoms with E-state index < -0.39 is 5.97 Å². The van der Waals surface area contributed by atoms with Crippen molar-refractivity contribution < 1.29 is 23.8 Å². The number of esters is 1. The van der Waals surface area contributed by atoms with Gasteiger partial charge in [0.05, 0.1) is 32.8 Å². The molecule has 0 aliphatic carbocycles. The lowest BCUT2D eigenvalue weighted by Gasteiger charge is -2.17. The lowest BCUT2D eigenvalue weighted by molar-refractivity contribution is -0.133. The average Bonchev–Trinajstić information content (AvgIpc) is 2.80. The number of hydrogen-bond acceptors (Lipinski definition) is 7. The Hall–Kier alpha value is -3.35. The van der Waals surface area contributed by atoms with Gasteiger partial charge in [0.1, 0.15) is 5.57 Å². The van der Waals surface area contributed by atoms with E-state index in [2.05, 4.69) is 10.1 Å². The summed E-state index contributed by atoms with van der Waals surface area (Å²) in [6, 6.07) is 12.9. The van der Waals surface area contributed by atoms with E-state index in [4.69, 9.17) is 19.0 Å². The number of carbonyl (C=O) groups excluding carboxylic acids is 1. The van der Waals surface area contributed by atoms with Crippen LogP contribution in [0.5, 0.6) is 0 Å². The number of pyridine rings is 1. The number of rotatable bonds is 10. The minimum Gasteiger partial charge on any atom is -0.503 e. The smallest absolute Gasteiger partial charge is 0.341 e. The summed E-state index contributed by atoms with van der Waals surface area (Å²) in [4.78, 5) is 22.5. The lowest BCUT2D eigenvalue weighted by atomic mass is 10.0. The number of ether oxygens (including phenoxy) is 3. The predicted molar refractivity (Wildman–Crippen MR) is 119 cm³/mol. The van der Waals surface area contributed by atoms with Crippen molar-refractivity contribution in [3.63, 3.8) is 0 Å². The minimum atomic E-state index is -0.529. The Kier molecular flexibility index (Phi) is 9.55. The van der Waals surface area contributed by atoms with Crippen molar-refractivity contribution in [2.45, 2.75) is 33.3 Å². The third kappa shape index (κ3) is 6.84. The molecule has 0 N–H and O–H groups in total. The van der Waals surface area contributed by atoms with E-state index in [1.807, 2.05) is 57.2 Å². The van der Waals surface area contributed by atoms with Gasteiger partial charge in [-0.15, -0.1) is 0 Å². The molecule has 1 aromatic carbocycles. The fourth-order valence-electron chi connectivity index (χ4n) is 2.77. The average molecular weight is 427 g/mol. The van der Waals surface area contributed by atoms with Crippen LogP contribution in [0.1, 0.15) is 50.1 Å². The van der Waals surface area contributed by atoms with Crippen LogP contribution in [0.15, 0.2) is 60.1 Å². The fraction of sp³-hybridized carbons (Fsp3) is 0.375. The second-order valence-corrected chi connectivity index (χ2v) is 7.16. The maximum absolute atomic E-state index is 12.4. The molecule has 0 saturated carbocycles. The Bertz CT molecular complexity index is 894. The highest BCUT2D eigenvalue weighted by Gasteiger charge is 2.22. The molecule has 1 unspecified atom stereocenters. The summed E-state index contributed by atoms with van der Waals surface area (Å²) in [5, 5.41) is 4.34. The predicted octanol–water partition coefficient (Wildman–Crippen LogP) is 4.74. The van der Waals surface area contributed by atoms with Gasteiger partial charge >= 0.3 is 5.97 Å². The molecule has 1 atom stereocenters. The molecule has 0 bridgehead atoms. The second-order valence-electron chi connectivity index (χ2n) is 7.16. The molecule has 1 heterocycles. The maximum atomic E-state index is 12.4. The van der Waals surface area contributed by atoms with Crippen molar-refractivity contribution in [3.8, 4) is 0 Å². The summed E-state index contributed by atoms with van der Waals surface area (Å²) < 4.78 is 16.0. The van der Waals surface area contributed by atoms with E-state index in [9.17, 15) is 4.79 Å². The van der Waals surface area contributed by atoms with Crippen molar-refractivity contribution in [3.05, 3.63) is 71.7 Å². The summed E-state index contributed by atoms with van der Waals surface area (Å²) >= 11 is 0. The quantitative estimate of drug-likeness (QED) is 0.136. The summed E-state index contributed by atoms with van der Waals surface area (Å²) in [6.07, 6.45) is 3.40. The van der Waals surface area contributed by atoms with Crippen molar-refractivity contribution >= 4 is 17.4 Å². The van der Waals surface area contributed by atoms with Gasteiger partial charge in [-0.05, 0) is 35.7 Å². The molecule has 31 heavy (non-hydrogen) atoms. The van der Waals surface area contributed by atoms with Crippen LogP contribution in [0.4, 0.5) is 0 Å². The molecule has 0 radical (unpaired) electrons. The van der Waals surface area contributed by atoms with Crippen molar-refractivity contribution in [1.82, 2.24) is 4.98 Å². The van der Waals surface area contributed by atoms with Crippen molar-refractivity contribution in [2.24, 2.45) is 11.1 Å². The van der Waals surface area contributed by atoms with Gasteiger partial charge < -0.3 is 19.0 Å². The highest BCUT2D eigenvalue weighted by Crippen LogP contribution is 2.24. The van der Waals surface area contributed by atoms with Crippen LogP contribution in [0.3, 0.4) is 0 Å². The molecule has 0 aliphatic heterocycles. The first kappa shape index (κ1) is 23.9. The van der Waals surface area contributed by atoms with Gasteiger partial charge in [0.2, 0.25) is 0 Å². The third-order valence-electron chi connectivity index (χ3n) is 4.29. The van der Waals surface area contributed by atoms with Crippen molar-refractivity contribution in [1.29, 1.82) is 0 Å². The third-order valence-corrected chi connectivity index (χ3v) is 4.29. The van der Waals surface area contributed by atoms with Crippen LogP contribution in [-0.4, -0.2) is 37.7 Å². The summed E-state index contributed by atoms with van der Waals surface area (Å²) in [6.45, 7) is 6.50. The Balaban J connectivity index is 2.47. The Morgan fingerprint density at radius 2 is 1.81 bits per heavy atom. The van der Waals surface area contributed by atoms with Gasteiger partial charge in [-0.2, -0.15) is 0 Å². The van der Waals surface area contributed by atoms with E-state index in [-0.39, 0.29) is 23.5 Å². The SMILES string of the molecule is CCC(O/N=C(/OCC(C)C)c1ccccc1/C(=C\OC)C(=O)OC)c1ccccn1. The molecule has 7 nitrogen and oxygen atoms in total. The van der Waals surface area contributed by atoms with Crippen molar-refractivity contribution in [2.75, 3.05) is 20.8 Å². The molecule has 2 rings (SSSR count). The number of benzene rings is 1. The van der Waals surface area contributed by atoms with Gasteiger partial charge in [0.25, 0.3) is 5.90 Å². The van der Waals surface area contributed by atoms with E-state index in [1.54, 1.807) is 12.3 Å². The van der Waals surface area contributed by atoms with Crippen LogP contribution in [0.2, 0.25) is 0 Å². The number of carbonyl (C=O) groups is 1. The van der Waals surface area contributed by atoms with Crippen LogP contribution >= 0.6 is 0 Å². The van der Waals surface area contributed by atoms with Gasteiger partial charge in [0, 0.05) is 17.3 Å². The molecule has 0 aliphatic rings. The lowest BCUT2D eigenvalue weighted by Crippen LogP contribution is -2.16. The summed E-state index contributed by atoms with van der Waals surface area (Å²) in [5.41, 5.74) is 2.18. The summed E-state index contributed by atoms with van der Waals surface area (Å²) in [7, 11) is 2.79. The van der Waals surface area contributed by atoms with Crippen LogP contribution in [0, 0.1) is 5.92 Å². The van der Waals surface area contributed by atoms with E-state index in [1.165, 1.54) is 20.5 Å². The van der Waals surface area contributed by atoms with E-state index >= 15 is 0 Å². The molecular weight excluding hydrogens is 396 g/mol. The standard InChI is InChI=1S/C24H30N2O5/c1-6-22(21-13-9-10-14-25-21)31-26-23(30-15-17(2)3)19-12-8-7-11-18(19)20(16-28-4)24(27)29-5/h7-14,16-17,22H,6,15H2,1-5H3/b20-16+,26-23+. The topological polar surface area (TPSA) is 79.2 Å². The molecular formula is C24H30N2O5. The number of nitrogens with zero attached hydrogens (tertiary/aromatic N) is 2. The van der Waals surface area contributed by atoms with Crippen LogP contribution in [-0.2, 0) is 23.8 Å². The second kappa shape index (κ2) is 12.4. The molecule has 166 valence electrons. The molecule has 0 saturated heterocycles. The Morgan fingerprint density at radius 3 is 2.39 bits per heavy atom. The Morgan fingerprint density at radius 1 is 1.10 bits per heavy atom. The number of aromatic nitrogens is 1. The normalized spacial score (nSPS) is 13.0. The minimum absolute atomic E-state index is 0.248. The van der Waals surface area contributed by atoms with Crippen LogP contribution < -0.4 is 0 Å². The molecule has 0 spiro atoms. The van der Waals surface area contributed by atoms with E-state index in [0.29, 0.717) is 24.2 Å². The number of hydrogen-bond donors (Lipinski definition) is 0. The molecule has 0 amide bonds. The molecule has 0 fully saturated rings. The first-order valence-electron chi connectivity index (χ1n) is 10.2. The molecule has 1 aromatic heterocycles. The van der Waals surface area contributed by atoms with Gasteiger partial charge in [-0.1, -0.05) is 45.0 Å². The number of oxime groups is 1. The molecule has 7 heteroatoms. The first-order valence-corrected chi connectivity index (χ1v) is 10.2. The van der Waals surface area contributed by atoms with Gasteiger partial charge in [-0.3, -0.25) is 4.98 Å². The fourth-order valence-corrected chi connectivity index (χ4v) is 2.77. The molecule has 2 aromatic rings. The van der Waals surface area contributed by atoms with E-state index in [0.717, 1.165) is 5.69 Å². The zero-order valence-electron chi connectivity index (χ0n) is 18.7. The summed E-state index contributed by atoms with van der Waals surface area (Å²) in [5.74, 6) is 0.00709. The van der Waals surface area contributed by atoms with Gasteiger partial charge in [0.15, 0.2) is 6.10 Å².